The summed E-state index contributed by atoms with van der Waals surface area (Å²) in [5.74, 6) is 1.23. The molecule has 0 saturated heterocycles. The number of ether oxygens (including phenoxy) is 1. The number of methoxy groups -OCH3 is 1. The molecule has 1 aromatic heterocycles. The third-order valence-corrected chi connectivity index (χ3v) is 4.74. The van der Waals surface area contributed by atoms with Gasteiger partial charge in [-0.2, -0.15) is 4.98 Å². The van der Waals surface area contributed by atoms with E-state index in [1.807, 2.05) is 12.1 Å². The molecule has 0 radical (unpaired) electrons. The zero-order valence-electron chi connectivity index (χ0n) is 11.1. The van der Waals surface area contributed by atoms with Gasteiger partial charge in [0.2, 0.25) is 5.82 Å². The van der Waals surface area contributed by atoms with Crippen LogP contribution < -0.4 is 0 Å². The number of phenols is 1. The lowest BCUT2D eigenvalue weighted by molar-refractivity contribution is -0.0178. The van der Waals surface area contributed by atoms with Crippen LogP contribution in [0.2, 0.25) is 0 Å². The highest BCUT2D eigenvalue weighted by molar-refractivity contribution is 14.1. The van der Waals surface area contributed by atoms with Crippen molar-refractivity contribution in [1.82, 2.24) is 10.1 Å². The monoisotopic (exact) mass is 386 g/mol. The second-order valence-corrected chi connectivity index (χ2v) is 6.16. The first-order valence-electron chi connectivity index (χ1n) is 6.53. The quantitative estimate of drug-likeness (QED) is 0.819. The standard InChI is InChI=1S/C14H15IN2O3/c1-19-14(6-2-3-7-14)13-16-12(20-17-13)9-4-5-10(15)11(18)8-9/h4-5,8,18H,2-3,6-7H2,1H3. The first kappa shape index (κ1) is 13.8. The summed E-state index contributed by atoms with van der Waals surface area (Å²) in [6.07, 6.45) is 4.06. The summed E-state index contributed by atoms with van der Waals surface area (Å²) < 4.78 is 11.8. The van der Waals surface area contributed by atoms with Gasteiger partial charge < -0.3 is 14.4 Å². The van der Waals surface area contributed by atoms with E-state index in [0.717, 1.165) is 29.3 Å². The Kier molecular flexibility index (Phi) is 3.68. The van der Waals surface area contributed by atoms with E-state index in [4.69, 9.17) is 9.26 Å². The molecular weight excluding hydrogens is 371 g/mol. The van der Waals surface area contributed by atoms with Crippen LogP contribution in [0.15, 0.2) is 22.7 Å². The summed E-state index contributed by atoms with van der Waals surface area (Å²) in [6, 6.07) is 5.30. The Labute approximate surface area is 130 Å². The molecule has 6 heteroatoms. The third-order valence-electron chi connectivity index (χ3n) is 3.83. The molecule has 0 spiro atoms. The van der Waals surface area contributed by atoms with E-state index in [-0.39, 0.29) is 5.75 Å². The minimum Gasteiger partial charge on any atom is -0.507 e. The third kappa shape index (κ3) is 2.31. The summed E-state index contributed by atoms with van der Waals surface area (Å²) in [5, 5.41) is 13.8. The lowest BCUT2D eigenvalue weighted by atomic mass is 10.0. The fourth-order valence-corrected chi connectivity index (χ4v) is 2.97. The summed E-state index contributed by atoms with van der Waals surface area (Å²) >= 11 is 2.07. The highest BCUT2D eigenvalue weighted by Crippen LogP contribution is 2.40. The number of aromatic nitrogens is 2. The molecule has 1 aliphatic rings. The highest BCUT2D eigenvalue weighted by Gasteiger charge is 2.40. The van der Waals surface area contributed by atoms with Crippen LogP contribution >= 0.6 is 22.6 Å². The largest absolute Gasteiger partial charge is 0.507 e. The molecule has 5 nitrogen and oxygen atoms in total. The predicted molar refractivity (Wildman–Crippen MR) is 81.3 cm³/mol. The lowest BCUT2D eigenvalue weighted by Gasteiger charge is -2.22. The van der Waals surface area contributed by atoms with E-state index >= 15 is 0 Å². The van der Waals surface area contributed by atoms with Crippen LogP contribution in [0.4, 0.5) is 0 Å². The highest BCUT2D eigenvalue weighted by atomic mass is 127. The van der Waals surface area contributed by atoms with Gasteiger partial charge >= 0.3 is 0 Å². The van der Waals surface area contributed by atoms with Gasteiger partial charge in [0.1, 0.15) is 11.4 Å². The number of phenolic OH excluding ortho intramolecular Hbond substituents is 1. The Hall–Kier alpha value is -1.15. The SMILES string of the molecule is COC1(c2noc(-c3ccc(I)c(O)c3)n2)CCCC1. The fourth-order valence-electron chi connectivity index (χ4n) is 2.64. The molecule has 1 aromatic carbocycles. The van der Waals surface area contributed by atoms with E-state index in [1.165, 1.54) is 0 Å². The molecule has 0 bridgehead atoms. The van der Waals surface area contributed by atoms with Crippen LogP contribution in [0.5, 0.6) is 5.75 Å². The average molecular weight is 386 g/mol. The summed E-state index contributed by atoms with van der Waals surface area (Å²) in [7, 11) is 1.69. The van der Waals surface area contributed by atoms with Gasteiger partial charge in [0.15, 0.2) is 0 Å². The van der Waals surface area contributed by atoms with Crippen molar-refractivity contribution in [2.45, 2.75) is 31.3 Å². The first-order valence-corrected chi connectivity index (χ1v) is 7.61. The minimum absolute atomic E-state index is 0.213. The van der Waals surface area contributed by atoms with Crippen molar-refractivity contribution < 1.29 is 14.4 Å². The van der Waals surface area contributed by atoms with Gasteiger partial charge in [-0.15, -0.1) is 0 Å². The molecule has 1 saturated carbocycles. The number of hydrogen-bond donors (Lipinski definition) is 1. The van der Waals surface area contributed by atoms with Crippen molar-refractivity contribution in [2.24, 2.45) is 0 Å². The molecule has 20 heavy (non-hydrogen) atoms. The maximum absolute atomic E-state index is 9.75. The van der Waals surface area contributed by atoms with Crippen molar-refractivity contribution in [3.8, 4) is 17.2 Å². The molecule has 1 N–H and O–H groups in total. The molecule has 1 heterocycles. The number of aromatic hydroxyl groups is 1. The van der Waals surface area contributed by atoms with Crippen molar-refractivity contribution in [3.63, 3.8) is 0 Å². The van der Waals surface area contributed by atoms with Crippen LogP contribution in [0, 0.1) is 3.57 Å². The lowest BCUT2D eigenvalue weighted by Crippen LogP contribution is -2.25. The Morgan fingerprint density at radius 3 is 2.75 bits per heavy atom. The number of rotatable bonds is 3. The molecule has 3 rings (SSSR count). The van der Waals surface area contributed by atoms with E-state index in [1.54, 1.807) is 13.2 Å². The van der Waals surface area contributed by atoms with E-state index < -0.39 is 5.60 Å². The van der Waals surface area contributed by atoms with Gasteiger partial charge in [-0.25, -0.2) is 0 Å². The molecule has 0 unspecified atom stereocenters. The average Bonchev–Trinajstić information content (AvgIpc) is 3.10. The van der Waals surface area contributed by atoms with E-state index in [9.17, 15) is 5.11 Å². The van der Waals surface area contributed by atoms with Crippen LogP contribution in [0.1, 0.15) is 31.5 Å². The molecule has 0 atom stereocenters. The Morgan fingerprint density at radius 2 is 2.10 bits per heavy atom. The maximum atomic E-state index is 9.75. The smallest absolute Gasteiger partial charge is 0.258 e. The molecule has 1 aliphatic carbocycles. The van der Waals surface area contributed by atoms with Crippen LogP contribution in [-0.2, 0) is 10.3 Å². The second kappa shape index (κ2) is 5.33. The Morgan fingerprint density at radius 1 is 1.35 bits per heavy atom. The minimum atomic E-state index is -0.410. The van der Waals surface area contributed by atoms with E-state index in [2.05, 4.69) is 32.7 Å². The number of nitrogens with zero attached hydrogens (tertiary/aromatic N) is 2. The zero-order chi connectivity index (χ0) is 14.2. The molecule has 0 aliphatic heterocycles. The Bertz CT molecular complexity index is 621. The van der Waals surface area contributed by atoms with Gasteiger partial charge in [-0.05, 0) is 66.5 Å². The van der Waals surface area contributed by atoms with Gasteiger partial charge in [-0.1, -0.05) is 5.16 Å². The topological polar surface area (TPSA) is 68.4 Å². The maximum Gasteiger partial charge on any atom is 0.258 e. The summed E-state index contributed by atoms with van der Waals surface area (Å²) in [6.45, 7) is 0. The normalized spacial score (nSPS) is 17.5. The summed E-state index contributed by atoms with van der Waals surface area (Å²) in [4.78, 5) is 4.46. The second-order valence-electron chi connectivity index (χ2n) is 4.99. The molecule has 1 fully saturated rings. The molecule has 106 valence electrons. The van der Waals surface area contributed by atoms with Gasteiger partial charge in [0.25, 0.3) is 5.89 Å². The fraction of sp³-hybridized carbons (Fsp3) is 0.429. The van der Waals surface area contributed by atoms with Crippen molar-refractivity contribution in [3.05, 3.63) is 27.6 Å². The van der Waals surface area contributed by atoms with E-state index in [0.29, 0.717) is 17.3 Å². The predicted octanol–water partition coefficient (Wildman–Crippen LogP) is 3.46. The van der Waals surface area contributed by atoms with Crippen molar-refractivity contribution in [1.29, 1.82) is 0 Å². The van der Waals surface area contributed by atoms with Crippen molar-refractivity contribution in [2.75, 3.05) is 7.11 Å². The number of hydrogen-bond acceptors (Lipinski definition) is 5. The van der Waals surface area contributed by atoms with Gasteiger partial charge in [-0.3, -0.25) is 0 Å². The first-order chi connectivity index (χ1) is 9.64. The molecular formula is C14H15IN2O3. The van der Waals surface area contributed by atoms with Crippen molar-refractivity contribution >= 4 is 22.6 Å². The van der Waals surface area contributed by atoms with Gasteiger partial charge in [0, 0.05) is 12.7 Å². The van der Waals surface area contributed by atoms with Gasteiger partial charge in [0.05, 0.1) is 3.57 Å². The van der Waals surface area contributed by atoms with Crippen LogP contribution in [0.25, 0.3) is 11.5 Å². The number of benzene rings is 1. The van der Waals surface area contributed by atoms with Crippen LogP contribution in [0.3, 0.4) is 0 Å². The zero-order valence-corrected chi connectivity index (χ0v) is 13.3. The van der Waals surface area contributed by atoms with Crippen LogP contribution in [-0.4, -0.2) is 22.4 Å². The number of halogens is 1. The molecule has 2 aromatic rings. The Balaban J connectivity index is 1.95. The molecule has 0 amide bonds. The summed E-state index contributed by atoms with van der Waals surface area (Å²) in [5.41, 5.74) is 0.304.